The van der Waals surface area contributed by atoms with Crippen LogP contribution in [0.25, 0.3) is 11.4 Å². The van der Waals surface area contributed by atoms with Crippen molar-refractivity contribution in [1.82, 2.24) is 15.0 Å². The lowest BCUT2D eigenvalue weighted by Crippen LogP contribution is -2.30. The summed E-state index contributed by atoms with van der Waals surface area (Å²) in [6.45, 7) is 5.16. The van der Waals surface area contributed by atoms with E-state index in [-0.39, 0.29) is 5.56 Å². The number of anilines is 1. The van der Waals surface area contributed by atoms with Gasteiger partial charge in [0.15, 0.2) is 0 Å². The van der Waals surface area contributed by atoms with Gasteiger partial charge in [0, 0.05) is 29.6 Å². The van der Waals surface area contributed by atoms with Crippen LogP contribution in [0.4, 0.5) is 5.82 Å². The van der Waals surface area contributed by atoms with Crippen molar-refractivity contribution >= 4 is 5.82 Å². The largest absolute Gasteiger partial charge is 0.379 e. The first-order chi connectivity index (χ1) is 10.6. The molecule has 1 aliphatic heterocycles. The number of H-pyrrole nitrogens is 1. The summed E-state index contributed by atoms with van der Waals surface area (Å²) in [5.74, 6) is 1.36. The second-order valence-corrected chi connectivity index (χ2v) is 5.62. The van der Waals surface area contributed by atoms with E-state index in [0.29, 0.717) is 17.4 Å². The molecule has 0 radical (unpaired) electrons. The van der Waals surface area contributed by atoms with Crippen LogP contribution in [-0.2, 0) is 4.74 Å². The third kappa shape index (κ3) is 3.17. The van der Waals surface area contributed by atoms with Crippen LogP contribution in [0.3, 0.4) is 0 Å². The number of rotatable bonds is 3. The molecule has 22 heavy (non-hydrogen) atoms. The molecule has 2 aromatic heterocycles. The fourth-order valence-corrected chi connectivity index (χ4v) is 2.46. The zero-order valence-corrected chi connectivity index (χ0v) is 12.8. The molecule has 1 fully saturated rings. The van der Waals surface area contributed by atoms with Crippen molar-refractivity contribution in [2.75, 3.05) is 18.5 Å². The first kappa shape index (κ1) is 14.7. The van der Waals surface area contributed by atoms with Gasteiger partial charge in [-0.3, -0.25) is 4.79 Å². The molecule has 1 unspecified atom stereocenters. The highest BCUT2D eigenvalue weighted by Gasteiger charge is 2.14. The normalized spacial score (nSPS) is 18.2. The van der Waals surface area contributed by atoms with E-state index in [0.717, 1.165) is 43.1 Å². The molecule has 6 nitrogen and oxygen atoms in total. The van der Waals surface area contributed by atoms with E-state index >= 15 is 0 Å². The molecular formula is C16H20N4O2. The fraction of sp³-hybridized carbons (Fsp3) is 0.438. The molecule has 0 aliphatic carbocycles. The highest BCUT2D eigenvalue weighted by Crippen LogP contribution is 2.17. The van der Waals surface area contributed by atoms with Crippen LogP contribution in [0.2, 0.25) is 0 Å². The summed E-state index contributed by atoms with van der Waals surface area (Å²) in [6, 6.07) is 4.12. The van der Waals surface area contributed by atoms with Gasteiger partial charge >= 0.3 is 0 Å². The van der Waals surface area contributed by atoms with E-state index < -0.39 is 0 Å². The molecular weight excluding hydrogens is 280 g/mol. The zero-order valence-electron chi connectivity index (χ0n) is 12.8. The van der Waals surface area contributed by atoms with Crippen LogP contribution in [-0.4, -0.2) is 34.2 Å². The van der Waals surface area contributed by atoms with Crippen LogP contribution in [0.15, 0.2) is 23.1 Å². The average Bonchev–Trinajstić information content (AvgIpc) is 2.54. The van der Waals surface area contributed by atoms with Crippen molar-refractivity contribution in [3.8, 4) is 11.4 Å². The lowest BCUT2D eigenvalue weighted by molar-refractivity contribution is 0.0875. The molecule has 3 heterocycles. The number of pyridine rings is 1. The number of nitrogens with zero attached hydrogens (tertiary/aromatic N) is 2. The summed E-state index contributed by atoms with van der Waals surface area (Å²) in [4.78, 5) is 23.4. The molecule has 3 rings (SSSR count). The Morgan fingerprint density at radius 3 is 2.86 bits per heavy atom. The monoisotopic (exact) mass is 300 g/mol. The molecule has 0 aromatic carbocycles. The van der Waals surface area contributed by atoms with Crippen molar-refractivity contribution in [1.29, 1.82) is 0 Å². The Labute approximate surface area is 129 Å². The van der Waals surface area contributed by atoms with Crippen molar-refractivity contribution in [3.63, 3.8) is 0 Å². The second-order valence-electron chi connectivity index (χ2n) is 5.62. The number of aromatic nitrogens is 3. The van der Waals surface area contributed by atoms with Gasteiger partial charge in [0.05, 0.1) is 12.6 Å². The molecule has 116 valence electrons. The van der Waals surface area contributed by atoms with Crippen LogP contribution in [0, 0.1) is 13.8 Å². The Balaban J connectivity index is 1.77. The summed E-state index contributed by atoms with van der Waals surface area (Å²) in [5, 5.41) is 3.36. The Morgan fingerprint density at radius 2 is 2.23 bits per heavy atom. The third-order valence-corrected chi connectivity index (χ3v) is 3.94. The zero-order chi connectivity index (χ0) is 15.5. The predicted octanol–water partition coefficient (Wildman–Crippen LogP) is 2.04. The molecule has 2 N–H and O–H groups in total. The Bertz CT molecular complexity index is 703. The SMILES string of the molecule is Cc1nc(-c2ccc(NC3CCCOC3)nc2)[nH]c(=O)c1C. The Kier molecular flexibility index (Phi) is 4.20. The van der Waals surface area contributed by atoms with Crippen molar-refractivity contribution in [2.45, 2.75) is 32.7 Å². The third-order valence-electron chi connectivity index (χ3n) is 3.94. The molecule has 0 bridgehead atoms. The van der Waals surface area contributed by atoms with Gasteiger partial charge in [-0.1, -0.05) is 0 Å². The quantitative estimate of drug-likeness (QED) is 0.906. The molecule has 2 aromatic rings. The molecule has 0 spiro atoms. The van der Waals surface area contributed by atoms with Crippen LogP contribution >= 0.6 is 0 Å². The first-order valence-corrected chi connectivity index (χ1v) is 7.52. The smallest absolute Gasteiger partial charge is 0.254 e. The maximum atomic E-state index is 11.8. The lowest BCUT2D eigenvalue weighted by Gasteiger charge is -2.23. The molecule has 1 aliphatic rings. The average molecular weight is 300 g/mol. The molecule has 0 amide bonds. The van der Waals surface area contributed by atoms with Crippen molar-refractivity contribution in [2.24, 2.45) is 0 Å². The van der Waals surface area contributed by atoms with E-state index in [4.69, 9.17) is 4.74 Å². The minimum atomic E-state index is -0.107. The Morgan fingerprint density at radius 1 is 1.36 bits per heavy atom. The number of aryl methyl sites for hydroxylation is 1. The van der Waals surface area contributed by atoms with Gasteiger partial charge in [-0.05, 0) is 38.8 Å². The van der Waals surface area contributed by atoms with Gasteiger partial charge < -0.3 is 15.0 Å². The summed E-state index contributed by atoms with van der Waals surface area (Å²) < 4.78 is 5.44. The van der Waals surface area contributed by atoms with Crippen LogP contribution in [0.1, 0.15) is 24.1 Å². The standard InChI is InChI=1S/C16H20N4O2/c1-10-11(2)18-15(20-16(10)21)12-5-6-14(17-8-12)19-13-4-3-7-22-9-13/h5-6,8,13H,3-4,7,9H2,1-2H3,(H,17,19)(H,18,20,21). The summed E-state index contributed by atoms with van der Waals surface area (Å²) >= 11 is 0. The van der Waals surface area contributed by atoms with Gasteiger partial charge in [-0.15, -0.1) is 0 Å². The van der Waals surface area contributed by atoms with Gasteiger partial charge in [0.1, 0.15) is 11.6 Å². The minimum absolute atomic E-state index is 0.107. The number of hydrogen-bond acceptors (Lipinski definition) is 5. The molecule has 0 saturated carbocycles. The second kappa shape index (κ2) is 6.27. The molecule has 1 saturated heterocycles. The number of aromatic amines is 1. The van der Waals surface area contributed by atoms with E-state index in [9.17, 15) is 4.79 Å². The summed E-state index contributed by atoms with van der Waals surface area (Å²) in [6.07, 6.45) is 3.89. The van der Waals surface area contributed by atoms with Gasteiger partial charge in [-0.25, -0.2) is 9.97 Å². The summed E-state index contributed by atoms with van der Waals surface area (Å²) in [5.41, 5.74) is 2.07. The van der Waals surface area contributed by atoms with Crippen LogP contribution in [0.5, 0.6) is 0 Å². The van der Waals surface area contributed by atoms with Gasteiger partial charge in [-0.2, -0.15) is 0 Å². The topological polar surface area (TPSA) is 79.9 Å². The summed E-state index contributed by atoms with van der Waals surface area (Å²) in [7, 11) is 0. The predicted molar refractivity (Wildman–Crippen MR) is 85.0 cm³/mol. The van der Waals surface area contributed by atoms with E-state index in [1.165, 1.54) is 0 Å². The lowest BCUT2D eigenvalue weighted by atomic mass is 10.1. The maximum absolute atomic E-state index is 11.8. The highest BCUT2D eigenvalue weighted by atomic mass is 16.5. The van der Waals surface area contributed by atoms with Crippen LogP contribution < -0.4 is 10.9 Å². The van der Waals surface area contributed by atoms with Crippen molar-refractivity contribution in [3.05, 3.63) is 39.9 Å². The highest BCUT2D eigenvalue weighted by molar-refractivity contribution is 5.56. The first-order valence-electron chi connectivity index (χ1n) is 7.52. The van der Waals surface area contributed by atoms with Crippen molar-refractivity contribution < 1.29 is 4.74 Å². The maximum Gasteiger partial charge on any atom is 0.254 e. The van der Waals surface area contributed by atoms with E-state index in [1.54, 1.807) is 13.1 Å². The number of nitrogens with one attached hydrogen (secondary N) is 2. The number of hydrogen-bond donors (Lipinski definition) is 2. The number of ether oxygens (including phenoxy) is 1. The minimum Gasteiger partial charge on any atom is -0.379 e. The Hall–Kier alpha value is -2.21. The van der Waals surface area contributed by atoms with E-state index in [1.807, 2.05) is 19.1 Å². The van der Waals surface area contributed by atoms with E-state index in [2.05, 4.69) is 20.3 Å². The van der Waals surface area contributed by atoms with Gasteiger partial charge in [0.2, 0.25) is 0 Å². The van der Waals surface area contributed by atoms with Gasteiger partial charge in [0.25, 0.3) is 5.56 Å². The fourth-order valence-electron chi connectivity index (χ4n) is 2.46. The molecule has 1 atom stereocenters. The molecule has 6 heteroatoms.